The standard InChI is InChI=1S/C8H6ClNO3/c1-5(11)13-10-6-2-3-8(12)7(9)4-6/h2-4H,1H3. The fraction of sp³-hybridized carbons (Fsp3) is 0.125. The van der Waals surface area contributed by atoms with E-state index in [1.54, 1.807) is 0 Å². The van der Waals surface area contributed by atoms with Gasteiger partial charge in [0.1, 0.15) is 5.71 Å². The molecular formula is C8H6ClNO3. The molecule has 0 aromatic heterocycles. The van der Waals surface area contributed by atoms with Gasteiger partial charge in [-0.2, -0.15) is 0 Å². The van der Waals surface area contributed by atoms with Crippen molar-refractivity contribution in [2.75, 3.05) is 0 Å². The molecule has 5 heteroatoms. The van der Waals surface area contributed by atoms with Crippen molar-refractivity contribution in [3.05, 3.63) is 23.3 Å². The van der Waals surface area contributed by atoms with Gasteiger partial charge in [-0.05, 0) is 18.2 Å². The van der Waals surface area contributed by atoms with Crippen molar-refractivity contribution in [1.29, 1.82) is 0 Å². The lowest BCUT2D eigenvalue weighted by molar-refractivity contribution is -0.140. The van der Waals surface area contributed by atoms with Crippen LogP contribution in [0.4, 0.5) is 0 Å². The minimum Gasteiger partial charge on any atom is -0.318 e. The summed E-state index contributed by atoms with van der Waals surface area (Å²) < 4.78 is 0. The maximum atomic E-state index is 10.8. The summed E-state index contributed by atoms with van der Waals surface area (Å²) in [6, 6.07) is 0. The van der Waals surface area contributed by atoms with Crippen molar-refractivity contribution < 1.29 is 14.4 Å². The third-order valence-corrected chi connectivity index (χ3v) is 1.49. The van der Waals surface area contributed by atoms with E-state index in [0.29, 0.717) is 5.71 Å². The molecule has 0 aliphatic heterocycles. The molecule has 0 saturated carbocycles. The van der Waals surface area contributed by atoms with E-state index in [1.165, 1.54) is 25.2 Å². The number of hydrogen-bond donors (Lipinski definition) is 0. The Labute approximate surface area is 79.5 Å². The molecule has 1 rings (SSSR count). The van der Waals surface area contributed by atoms with Crippen molar-refractivity contribution in [2.45, 2.75) is 6.92 Å². The minimum atomic E-state index is -0.526. The smallest absolute Gasteiger partial charge is 0.318 e. The fourth-order valence-electron chi connectivity index (χ4n) is 0.664. The van der Waals surface area contributed by atoms with Gasteiger partial charge >= 0.3 is 5.97 Å². The van der Waals surface area contributed by atoms with Crippen LogP contribution >= 0.6 is 11.6 Å². The van der Waals surface area contributed by atoms with Crippen LogP contribution in [0.2, 0.25) is 0 Å². The van der Waals surface area contributed by atoms with E-state index in [2.05, 4.69) is 9.99 Å². The molecule has 0 amide bonds. The second kappa shape index (κ2) is 4.00. The van der Waals surface area contributed by atoms with Gasteiger partial charge in [0.15, 0.2) is 5.78 Å². The van der Waals surface area contributed by atoms with Gasteiger partial charge < -0.3 is 4.84 Å². The molecule has 0 aromatic rings. The van der Waals surface area contributed by atoms with Crippen LogP contribution in [0.25, 0.3) is 0 Å². The van der Waals surface area contributed by atoms with Gasteiger partial charge in [0.2, 0.25) is 0 Å². The van der Waals surface area contributed by atoms with E-state index >= 15 is 0 Å². The molecule has 0 fully saturated rings. The van der Waals surface area contributed by atoms with Crippen LogP contribution in [-0.2, 0) is 14.4 Å². The van der Waals surface area contributed by atoms with Gasteiger partial charge in [0, 0.05) is 6.92 Å². The highest BCUT2D eigenvalue weighted by Gasteiger charge is 2.09. The summed E-state index contributed by atoms with van der Waals surface area (Å²) in [6.07, 6.45) is 3.99. The molecule has 13 heavy (non-hydrogen) atoms. The van der Waals surface area contributed by atoms with Crippen molar-refractivity contribution >= 4 is 29.1 Å². The number of carbonyl (C=O) groups is 2. The number of oxime groups is 1. The van der Waals surface area contributed by atoms with E-state index in [1.807, 2.05) is 0 Å². The van der Waals surface area contributed by atoms with Gasteiger partial charge in [-0.15, -0.1) is 0 Å². The van der Waals surface area contributed by atoms with Crippen LogP contribution in [0.5, 0.6) is 0 Å². The molecular weight excluding hydrogens is 194 g/mol. The summed E-state index contributed by atoms with van der Waals surface area (Å²) in [4.78, 5) is 25.5. The summed E-state index contributed by atoms with van der Waals surface area (Å²) in [5.41, 5.74) is 0.333. The molecule has 0 radical (unpaired) electrons. The lowest BCUT2D eigenvalue weighted by Crippen LogP contribution is -2.05. The normalized spacial score (nSPS) is 18.8. The molecule has 0 bridgehead atoms. The third-order valence-electron chi connectivity index (χ3n) is 1.20. The van der Waals surface area contributed by atoms with Crippen LogP contribution in [0, 0.1) is 0 Å². The Balaban J connectivity index is 2.74. The van der Waals surface area contributed by atoms with Crippen molar-refractivity contribution in [2.24, 2.45) is 5.16 Å². The Morgan fingerprint density at radius 1 is 1.54 bits per heavy atom. The highest BCUT2D eigenvalue weighted by molar-refractivity contribution is 6.47. The quantitative estimate of drug-likeness (QED) is 0.362. The van der Waals surface area contributed by atoms with Crippen molar-refractivity contribution in [3.63, 3.8) is 0 Å². The summed E-state index contributed by atoms with van der Waals surface area (Å²) in [7, 11) is 0. The van der Waals surface area contributed by atoms with Crippen molar-refractivity contribution in [1.82, 2.24) is 0 Å². The van der Waals surface area contributed by atoms with Crippen LogP contribution in [-0.4, -0.2) is 17.5 Å². The maximum Gasteiger partial charge on any atom is 0.331 e. The van der Waals surface area contributed by atoms with Crippen LogP contribution < -0.4 is 0 Å². The van der Waals surface area contributed by atoms with Gasteiger partial charge in [0.25, 0.3) is 0 Å². The summed E-state index contributed by atoms with van der Waals surface area (Å²) in [5, 5.41) is 3.48. The Morgan fingerprint density at radius 2 is 2.23 bits per heavy atom. The second-order valence-electron chi connectivity index (χ2n) is 2.29. The molecule has 0 unspecified atom stereocenters. The summed E-state index contributed by atoms with van der Waals surface area (Å²) in [5.74, 6) is -0.814. The van der Waals surface area contributed by atoms with E-state index in [0.717, 1.165) is 0 Å². The number of carbonyl (C=O) groups excluding carboxylic acids is 2. The topological polar surface area (TPSA) is 55.7 Å². The van der Waals surface area contributed by atoms with Gasteiger partial charge in [0.05, 0.1) is 5.03 Å². The van der Waals surface area contributed by atoms with Gasteiger partial charge in [-0.3, -0.25) is 4.79 Å². The molecule has 4 nitrogen and oxygen atoms in total. The van der Waals surface area contributed by atoms with Gasteiger partial charge in [-0.25, -0.2) is 4.79 Å². The predicted octanol–water partition coefficient (Wildman–Crippen LogP) is 1.17. The zero-order valence-corrected chi connectivity index (χ0v) is 7.54. The highest BCUT2D eigenvalue weighted by atomic mass is 35.5. The molecule has 1 aliphatic carbocycles. The van der Waals surface area contributed by atoms with E-state index in [4.69, 9.17) is 11.6 Å². The highest BCUT2D eigenvalue weighted by Crippen LogP contribution is 2.09. The molecule has 0 saturated heterocycles. The van der Waals surface area contributed by atoms with E-state index in [-0.39, 0.29) is 10.8 Å². The lowest BCUT2D eigenvalue weighted by Gasteiger charge is -2.00. The molecule has 0 atom stereocenters. The van der Waals surface area contributed by atoms with Crippen molar-refractivity contribution in [3.8, 4) is 0 Å². The fourth-order valence-corrected chi connectivity index (χ4v) is 0.838. The SMILES string of the molecule is CC(=O)ON=C1C=CC(=O)C(Cl)=C1. The number of halogens is 1. The Hall–Kier alpha value is -1.42. The van der Waals surface area contributed by atoms with Crippen LogP contribution in [0.1, 0.15) is 6.92 Å². The molecule has 0 N–H and O–H groups in total. The van der Waals surface area contributed by atoms with Crippen LogP contribution in [0.15, 0.2) is 28.4 Å². The maximum absolute atomic E-state index is 10.8. The Kier molecular flexibility index (Phi) is 2.97. The number of ketones is 1. The average Bonchev–Trinajstić information content (AvgIpc) is 2.07. The average molecular weight is 200 g/mol. The summed E-state index contributed by atoms with van der Waals surface area (Å²) >= 11 is 5.52. The largest absolute Gasteiger partial charge is 0.331 e. The first kappa shape index (κ1) is 9.67. The predicted molar refractivity (Wildman–Crippen MR) is 47.3 cm³/mol. The molecule has 0 heterocycles. The first-order valence-corrected chi connectivity index (χ1v) is 3.82. The number of nitrogens with zero attached hydrogens (tertiary/aromatic N) is 1. The number of rotatable bonds is 1. The Morgan fingerprint density at radius 3 is 2.77 bits per heavy atom. The van der Waals surface area contributed by atoms with E-state index in [9.17, 15) is 9.59 Å². The number of allylic oxidation sites excluding steroid dienone is 4. The zero-order chi connectivity index (χ0) is 9.84. The molecule has 68 valence electrons. The number of hydrogen-bond acceptors (Lipinski definition) is 4. The van der Waals surface area contributed by atoms with Crippen LogP contribution in [0.3, 0.4) is 0 Å². The van der Waals surface area contributed by atoms with Gasteiger partial charge in [-0.1, -0.05) is 16.8 Å². The third kappa shape index (κ3) is 2.83. The first-order valence-electron chi connectivity index (χ1n) is 3.45. The zero-order valence-electron chi connectivity index (χ0n) is 6.78. The summed E-state index contributed by atoms with van der Waals surface area (Å²) in [6.45, 7) is 1.23. The molecule has 0 spiro atoms. The lowest BCUT2D eigenvalue weighted by atomic mass is 10.2. The molecule has 0 aromatic carbocycles. The first-order chi connectivity index (χ1) is 6.09. The van der Waals surface area contributed by atoms with E-state index < -0.39 is 5.97 Å². The monoisotopic (exact) mass is 199 g/mol. The molecule has 1 aliphatic rings. The minimum absolute atomic E-state index is 0.0494. The second-order valence-corrected chi connectivity index (χ2v) is 2.70. The Bertz CT molecular complexity index is 341.